The highest BCUT2D eigenvalue weighted by molar-refractivity contribution is 14.1. The van der Waals surface area contributed by atoms with Crippen LogP contribution in [0.15, 0.2) is 41.8 Å². The Morgan fingerprint density at radius 3 is 2.50 bits per heavy atom. The van der Waals surface area contributed by atoms with Crippen LogP contribution in [0.1, 0.15) is 16.1 Å². The smallest absolute Gasteiger partial charge is 0.264 e. The van der Waals surface area contributed by atoms with Gasteiger partial charge in [0.15, 0.2) is 6.29 Å². The number of carbonyl (C=O) groups is 3. The molecule has 148 valence electrons. The van der Waals surface area contributed by atoms with Crippen molar-refractivity contribution in [1.82, 2.24) is 4.90 Å². The van der Waals surface area contributed by atoms with Gasteiger partial charge in [0.2, 0.25) is 5.91 Å². The first-order valence-corrected chi connectivity index (χ1v) is 10.4. The third-order valence-corrected chi connectivity index (χ3v) is 6.03. The Morgan fingerprint density at radius 1 is 1.25 bits per heavy atom. The number of methoxy groups -OCH3 is 2. The maximum atomic E-state index is 13.1. The molecular formula is C19H19IN2O5S. The third kappa shape index (κ3) is 4.27. The van der Waals surface area contributed by atoms with Crippen molar-refractivity contribution in [2.75, 3.05) is 25.7 Å². The van der Waals surface area contributed by atoms with Crippen LogP contribution in [0.3, 0.4) is 0 Å². The SMILES string of the molecule is COC(CN(C(=O)c1cccs1)C1CC(=O)N(c2ccc(I)cc2)C1=O)OC. The molecule has 1 fully saturated rings. The van der Waals surface area contributed by atoms with Crippen LogP contribution < -0.4 is 4.90 Å². The monoisotopic (exact) mass is 514 g/mol. The van der Waals surface area contributed by atoms with Gasteiger partial charge in [-0.2, -0.15) is 0 Å². The number of hydrogen-bond acceptors (Lipinski definition) is 6. The minimum atomic E-state index is -0.908. The molecule has 1 atom stereocenters. The van der Waals surface area contributed by atoms with Crippen LogP contribution in [0, 0.1) is 3.57 Å². The minimum Gasteiger partial charge on any atom is -0.354 e. The van der Waals surface area contributed by atoms with E-state index >= 15 is 0 Å². The molecule has 0 radical (unpaired) electrons. The zero-order chi connectivity index (χ0) is 20.3. The van der Waals surface area contributed by atoms with Crippen molar-refractivity contribution in [3.63, 3.8) is 0 Å². The zero-order valence-electron chi connectivity index (χ0n) is 15.3. The molecule has 1 aliphatic rings. The van der Waals surface area contributed by atoms with Crippen LogP contribution in [0.5, 0.6) is 0 Å². The van der Waals surface area contributed by atoms with E-state index in [9.17, 15) is 14.4 Å². The van der Waals surface area contributed by atoms with Crippen molar-refractivity contribution in [1.29, 1.82) is 0 Å². The highest BCUT2D eigenvalue weighted by Crippen LogP contribution is 2.28. The summed E-state index contributed by atoms with van der Waals surface area (Å²) in [5.41, 5.74) is 0.497. The van der Waals surface area contributed by atoms with Crippen LogP contribution in [-0.2, 0) is 19.1 Å². The number of thiophene rings is 1. The van der Waals surface area contributed by atoms with E-state index in [-0.39, 0.29) is 24.8 Å². The second kappa shape index (κ2) is 9.12. The number of anilines is 1. The molecule has 1 aromatic heterocycles. The number of nitrogens with zero attached hydrogens (tertiary/aromatic N) is 2. The lowest BCUT2D eigenvalue weighted by Crippen LogP contribution is -2.49. The normalized spacial score (nSPS) is 16.9. The summed E-state index contributed by atoms with van der Waals surface area (Å²) < 4.78 is 11.4. The molecule has 1 unspecified atom stereocenters. The van der Waals surface area contributed by atoms with Crippen LogP contribution in [0.25, 0.3) is 0 Å². The summed E-state index contributed by atoms with van der Waals surface area (Å²) >= 11 is 3.43. The fourth-order valence-electron chi connectivity index (χ4n) is 3.02. The van der Waals surface area contributed by atoms with Gasteiger partial charge in [-0.1, -0.05) is 6.07 Å². The molecule has 0 aliphatic carbocycles. The van der Waals surface area contributed by atoms with E-state index in [2.05, 4.69) is 22.6 Å². The van der Waals surface area contributed by atoms with E-state index in [1.165, 1.54) is 30.5 Å². The van der Waals surface area contributed by atoms with Gasteiger partial charge in [-0.3, -0.25) is 14.4 Å². The van der Waals surface area contributed by atoms with Gasteiger partial charge in [-0.15, -0.1) is 11.3 Å². The largest absolute Gasteiger partial charge is 0.354 e. The van der Waals surface area contributed by atoms with Crippen molar-refractivity contribution in [2.45, 2.75) is 18.8 Å². The van der Waals surface area contributed by atoms with E-state index in [0.717, 1.165) is 8.47 Å². The Hall–Kier alpha value is -1.82. The predicted molar refractivity (Wildman–Crippen MR) is 113 cm³/mol. The van der Waals surface area contributed by atoms with Crippen LogP contribution >= 0.6 is 33.9 Å². The molecule has 7 nitrogen and oxygen atoms in total. The summed E-state index contributed by atoms with van der Waals surface area (Å²) in [5.74, 6) is -1.10. The topological polar surface area (TPSA) is 76.2 Å². The third-order valence-electron chi connectivity index (χ3n) is 4.45. The molecule has 1 saturated heterocycles. The lowest BCUT2D eigenvalue weighted by molar-refractivity contribution is -0.128. The number of imide groups is 1. The number of ether oxygens (including phenoxy) is 2. The first-order valence-electron chi connectivity index (χ1n) is 8.48. The highest BCUT2D eigenvalue weighted by atomic mass is 127. The van der Waals surface area contributed by atoms with Gasteiger partial charge >= 0.3 is 0 Å². The van der Waals surface area contributed by atoms with Gasteiger partial charge in [-0.05, 0) is 58.3 Å². The molecule has 3 amide bonds. The molecule has 2 aromatic rings. The first kappa shape index (κ1) is 20.9. The predicted octanol–water partition coefficient (Wildman–Crippen LogP) is 2.75. The lowest BCUT2D eigenvalue weighted by Gasteiger charge is -2.29. The average molecular weight is 514 g/mol. The molecule has 0 spiro atoms. The molecule has 3 rings (SSSR count). The fraction of sp³-hybridized carbons (Fsp3) is 0.316. The number of halogens is 1. The number of carbonyl (C=O) groups excluding carboxylic acids is 3. The molecule has 0 N–H and O–H groups in total. The number of rotatable bonds is 7. The summed E-state index contributed by atoms with van der Waals surface area (Å²) in [5, 5.41) is 1.79. The lowest BCUT2D eigenvalue weighted by atomic mass is 10.2. The molecule has 9 heteroatoms. The standard InChI is InChI=1S/C19H19IN2O5S/c1-26-17(27-2)11-21(19(25)15-4-3-9-28-15)14-10-16(23)22(18(14)24)13-7-5-12(20)6-8-13/h3-9,14,17H,10-11H2,1-2H3. The van der Waals surface area contributed by atoms with Crippen molar-refractivity contribution in [2.24, 2.45) is 0 Å². The summed E-state index contributed by atoms with van der Waals surface area (Å²) in [4.78, 5) is 41.8. The van der Waals surface area contributed by atoms with Gasteiger partial charge < -0.3 is 14.4 Å². The molecule has 28 heavy (non-hydrogen) atoms. The summed E-state index contributed by atoms with van der Waals surface area (Å²) in [6.45, 7) is 0.0357. The fourth-order valence-corrected chi connectivity index (χ4v) is 4.06. The second-order valence-corrected chi connectivity index (χ2v) is 8.29. The number of hydrogen-bond donors (Lipinski definition) is 0. The summed E-state index contributed by atoms with van der Waals surface area (Å²) in [7, 11) is 2.92. The van der Waals surface area contributed by atoms with Gasteiger partial charge in [0.25, 0.3) is 11.8 Å². The molecule has 0 bridgehead atoms. The Morgan fingerprint density at radius 2 is 1.93 bits per heavy atom. The Kier molecular flexibility index (Phi) is 6.81. The van der Waals surface area contributed by atoms with E-state index in [0.29, 0.717) is 10.6 Å². The second-order valence-electron chi connectivity index (χ2n) is 6.10. The van der Waals surface area contributed by atoms with E-state index in [1.54, 1.807) is 29.6 Å². The molecule has 0 saturated carbocycles. The number of benzene rings is 1. The van der Waals surface area contributed by atoms with Gasteiger partial charge in [0.05, 0.1) is 23.5 Å². The first-order chi connectivity index (χ1) is 13.5. The maximum absolute atomic E-state index is 13.1. The summed E-state index contributed by atoms with van der Waals surface area (Å²) in [6, 6.07) is 9.63. The quantitative estimate of drug-likeness (QED) is 0.323. The average Bonchev–Trinajstić information content (AvgIpc) is 3.32. The Balaban J connectivity index is 1.91. The maximum Gasteiger partial charge on any atom is 0.264 e. The number of amides is 3. The Bertz CT molecular complexity index is 852. The van der Waals surface area contributed by atoms with Crippen LogP contribution in [0.4, 0.5) is 5.69 Å². The van der Waals surface area contributed by atoms with Crippen molar-refractivity contribution < 1.29 is 23.9 Å². The highest BCUT2D eigenvalue weighted by Gasteiger charge is 2.45. The van der Waals surface area contributed by atoms with Crippen molar-refractivity contribution in [3.8, 4) is 0 Å². The molecule has 1 aliphatic heterocycles. The van der Waals surface area contributed by atoms with Crippen LogP contribution in [-0.4, -0.2) is 55.7 Å². The zero-order valence-corrected chi connectivity index (χ0v) is 18.3. The summed E-state index contributed by atoms with van der Waals surface area (Å²) in [6.07, 6.45) is -0.790. The van der Waals surface area contributed by atoms with Crippen LogP contribution in [0.2, 0.25) is 0 Å². The van der Waals surface area contributed by atoms with E-state index < -0.39 is 18.2 Å². The molecular weight excluding hydrogens is 495 g/mol. The molecule has 2 heterocycles. The molecule has 1 aromatic carbocycles. The van der Waals surface area contributed by atoms with Crippen molar-refractivity contribution >= 4 is 57.3 Å². The van der Waals surface area contributed by atoms with Crippen molar-refractivity contribution in [3.05, 3.63) is 50.2 Å². The van der Waals surface area contributed by atoms with Gasteiger partial charge in [0.1, 0.15) is 6.04 Å². The van der Waals surface area contributed by atoms with Gasteiger partial charge in [0, 0.05) is 17.8 Å². The Labute approximate surface area is 180 Å². The van der Waals surface area contributed by atoms with E-state index in [1.807, 2.05) is 12.1 Å². The van der Waals surface area contributed by atoms with E-state index in [4.69, 9.17) is 9.47 Å². The van der Waals surface area contributed by atoms with Gasteiger partial charge in [-0.25, -0.2) is 4.90 Å². The minimum absolute atomic E-state index is 0.0357.